The summed E-state index contributed by atoms with van der Waals surface area (Å²) >= 11 is 6.97. The minimum atomic E-state index is -0.361. The average Bonchev–Trinajstić information content (AvgIpc) is 3.84. The van der Waals surface area contributed by atoms with E-state index in [0.29, 0.717) is 28.2 Å². The number of fused-ring (bicyclic) bond motifs is 2. The van der Waals surface area contributed by atoms with Crippen molar-refractivity contribution in [3.05, 3.63) is 109 Å². The zero-order valence-electron chi connectivity index (χ0n) is 29.3. The number of pyridine rings is 2. The molecular weight excluding hydrogens is 707 g/mol. The Morgan fingerprint density at radius 1 is 1.00 bits per heavy atom. The average molecular weight is 746 g/mol. The van der Waals surface area contributed by atoms with Gasteiger partial charge in [-0.15, -0.1) is 11.6 Å². The van der Waals surface area contributed by atoms with Gasteiger partial charge in [0.25, 0.3) is 0 Å². The van der Waals surface area contributed by atoms with Crippen LogP contribution in [0, 0.1) is 26.1 Å². The van der Waals surface area contributed by atoms with E-state index in [9.17, 15) is 14.4 Å². The SMILES string of the molecule is COc1nc(-c2cccc(-c3ccc[c-]c3C)c2Cl)cc2c1[C@H](N1CC[C@@]3(CCC(=O)N3)C1)CC2.Cc1cc2c([c-]n1)c(=O)n(C)c(=O)n2C.[Mn+2]. The van der Waals surface area contributed by atoms with Gasteiger partial charge in [0.2, 0.25) is 11.8 Å². The molecule has 2 aromatic carbocycles. The van der Waals surface area contributed by atoms with Gasteiger partial charge < -0.3 is 29.0 Å². The normalized spacial score (nSPS) is 19.4. The van der Waals surface area contributed by atoms with Gasteiger partial charge in [-0.3, -0.25) is 9.69 Å². The molecule has 263 valence electrons. The number of benzene rings is 2. The fourth-order valence-corrected chi connectivity index (χ4v) is 8.07. The molecule has 3 aliphatic rings. The molecule has 0 unspecified atom stereocenters. The molecule has 1 aliphatic carbocycles. The third kappa shape index (κ3) is 6.64. The van der Waals surface area contributed by atoms with Crippen LogP contribution in [-0.2, 0) is 42.4 Å². The van der Waals surface area contributed by atoms with E-state index >= 15 is 0 Å². The Morgan fingerprint density at radius 3 is 2.49 bits per heavy atom. The zero-order chi connectivity index (χ0) is 35.3. The van der Waals surface area contributed by atoms with Gasteiger partial charge in [-0.25, -0.2) is 9.78 Å². The maximum atomic E-state index is 11.9. The van der Waals surface area contributed by atoms with Gasteiger partial charge in [0, 0.05) is 55.8 Å². The van der Waals surface area contributed by atoms with E-state index in [1.54, 1.807) is 27.1 Å². The Hall–Kier alpha value is -4.28. The minimum absolute atomic E-state index is 0. The van der Waals surface area contributed by atoms with Crippen molar-refractivity contribution >= 4 is 28.4 Å². The van der Waals surface area contributed by atoms with E-state index in [0.717, 1.165) is 77.0 Å². The topological polar surface area (TPSA) is 111 Å². The summed E-state index contributed by atoms with van der Waals surface area (Å²) in [5, 5.41) is 4.28. The summed E-state index contributed by atoms with van der Waals surface area (Å²) in [5.74, 6) is 0.868. The Labute approximate surface area is 312 Å². The Kier molecular flexibility index (Phi) is 10.3. The molecule has 5 aromatic rings. The van der Waals surface area contributed by atoms with Crippen LogP contribution < -0.4 is 21.3 Å². The fraction of sp³-hybridized carbons (Fsp3) is 0.359. The monoisotopic (exact) mass is 745 g/mol. The van der Waals surface area contributed by atoms with Crippen LogP contribution in [-0.4, -0.2) is 55.6 Å². The molecule has 10 nitrogen and oxygen atoms in total. The Bertz CT molecular complexity index is 2290. The van der Waals surface area contributed by atoms with Crippen molar-refractivity contribution in [2.24, 2.45) is 14.1 Å². The van der Waals surface area contributed by atoms with Crippen LogP contribution in [0.25, 0.3) is 33.3 Å². The van der Waals surface area contributed by atoms with Crippen molar-refractivity contribution in [1.29, 1.82) is 0 Å². The number of nitrogens with one attached hydrogen (secondary N) is 1. The molecule has 8 rings (SSSR count). The maximum absolute atomic E-state index is 11.9. The molecule has 0 saturated carbocycles. The summed E-state index contributed by atoms with van der Waals surface area (Å²) in [6.07, 6.45) is 7.25. The second-order valence-electron chi connectivity index (χ2n) is 13.5. The van der Waals surface area contributed by atoms with Crippen LogP contribution in [0.5, 0.6) is 5.88 Å². The summed E-state index contributed by atoms with van der Waals surface area (Å²) in [5.41, 5.74) is 7.88. The molecule has 1 radical (unpaired) electrons. The molecule has 2 saturated heterocycles. The van der Waals surface area contributed by atoms with Crippen LogP contribution in [0.1, 0.15) is 54.1 Å². The van der Waals surface area contributed by atoms with Crippen molar-refractivity contribution in [3.63, 3.8) is 0 Å². The summed E-state index contributed by atoms with van der Waals surface area (Å²) in [7, 11) is 4.76. The Morgan fingerprint density at radius 2 is 1.76 bits per heavy atom. The number of methoxy groups -OCH3 is 1. The van der Waals surface area contributed by atoms with Gasteiger partial charge in [-0.1, -0.05) is 49.2 Å². The van der Waals surface area contributed by atoms with Crippen LogP contribution in [0.2, 0.25) is 5.02 Å². The first kappa shape index (κ1) is 36.5. The molecule has 3 aromatic heterocycles. The number of ether oxygens (including phenoxy) is 1. The molecule has 1 N–H and O–H groups in total. The first-order valence-corrected chi connectivity index (χ1v) is 17.2. The molecular formula is C39H39ClMnN6O4. The number of halogens is 1. The van der Waals surface area contributed by atoms with Crippen LogP contribution in [0.3, 0.4) is 0 Å². The van der Waals surface area contributed by atoms with E-state index in [2.05, 4.69) is 46.5 Å². The number of hydrogen-bond donors (Lipinski definition) is 1. The number of likely N-dealkylation sites (tertiary alicyclic amines) is 1. The molecule has 0 bridgehead atoms. The minimum Gasteiger partial charge on any atom is -0.481 e. The number of hydrogen-bond acceptors (Lipinski definition) is 7. The van der Waals surface area contributed by atoms with E-state index < -0.39 is 0 Å². The van der Waals surface area contributed by atoms with Crippen LogP contribution in [0.15, 0.2) is 58.1 Å². The summed E-state index contributed by atoms with van der Waals surface area (Å²) < 4.78 is 8.33. The smallest absolute Gasteiger partial charge is 0.481 e. The molecule has 51 heavy (non-hydrogen) atoms. The van der Waals surface area contributed by atoms with Gasteiger partial charge in [0.05, 0.1) is 18.3 Å². The van der Waals surface area contributed by atoms with E-state index in [-0.39, 0.29) is 45.8 Å². The third-order valence-corrected chi connectivity index (χ3v) is 10.8. The first-order valence-electron chi connectivity index (χ1n) is 16.8. The number of amides is 1. The number of nitrogens with zero attached hydrogens (tertiary/aromatic N) is 5. The largest absolute Gasteiger partial charge is 2.00 e. The molecule has 2 aliphatic heterocycles. The maximum Gasteiger partial charge on any atom is 2.00 e. The second-order valence-corrected chi connectivity index (χ2v) is 13.9. The van der Waals surface area contributed by atoms with E-state index in [1.165, 1.54) is 22.7 Å². The van der Waals surface area contributed by atoms with E-state index in [4.69, 9.17) is 21.3 Å². The summed E-state index contributed by atoms with van der Waals surface area (Å²) in [6.45, 7) is 5.72. The third-order valence-electron chi connectivity index (χ3n) is 10.4. The van der Waals surface area contributed by atoms with Gasteiger partial charge in [0.15, 0.2) is 5.56 Å². The first-order chi connectivity index (χ1) is 24.0. The molecule has 2 fully saturated rings. The molecule has 1 spiro atoms. The summed E-state index contributed by atoms with van der Waals surface area (Å²) in [4.78, 5) is 46.6. The predicted octanol–water partition coefficient (Wildman–Crippen LogP) is 5.27. The van der Waals surface area contributed by atoms with Crippen molar-refractivity contribution in [3.8, 4) is 28.3 Å². The van der Waals surface area contributed by atoms with Crippen LogP contribution >= 0.6 is 11.6 Å². The number of carbonyl (C=O) groups excluding carboxylic acids is 1. The van der Waals surface area contributed by atoms with Crippen molar-refractivity contribution < 1.29 is 26.6 Å². The molecule has 5 heterocycles. The predicted molar refractivity (Wildman–Crippen MR) is 193 cm³/mol. The number of rotatable bonds is 4. The van der Waals surface area contributed by atoms with Crippen molar-refractivity contribution in [2.75, 3.05) is 20.2 Å². The van der Waals surface area contributed by atoms with Gasteiger partial charge in [-0.05, 0) is 60.1 Å². The number of aromatic nitrogens is 4. The van der Waals surface area contributed by atoms with Gasteiger partial charge >= 0.3 is 22.8 Å². The number of aryl methyl sites for hydroxylation is 4. The molecule has 1 amide bonds. The zero-order valence-corrected chi connectivity index (χ0v) is 31.2. The standard InChI is InChI=1S/C29H29ClN3O2.C10H10N3O2.Mn/c1-18-6-3-4-7-20(18)21-8-5-9-22(27(21)30)23-16-19-10-11-24(26(19)28(31-23)35-2)33-15-14-29(17-33)13-12-25(34)32-29;1-6-4-8-7(5-11-6)9(14)13(3)10(15)12(8)2;/h3-5,7-9,16,24H,10-15,17H2,1-2H3,(H,32,34);4H,1-3H3;/q2*-1;+2/t24-,29+;;/m1../s1. The second kappa shape index (κ2) is 14.4. The Balaban J connectivity index is 0.000000236. The van der Waals surface area contributed by atoms with Crippen molar-refractivity contribution in [1.82, 2.24) is 29.3 Å². The molecule has 12 heteroatoms. The van der Waals surface area contributed by atoms with Gasteiger partial charge in [-0.2, -0.15) is 29.8 Å². The number of carbonyl (C=O) groups is 1. The fourth-order valence-electron chi connectivity index (χ4n) is 7.75. The van der Waals surface area contributed by atoms with Crippen LogP contribution in [0.4, 0.5) is 0 Å². The van der Waals surface area contributed by atoms with E-state index in [1.807, 2.05) is 30.3 Å². The summed E-state index contributed by atoms with van der Waals surface area (Å²) in [6, 6.07) is 19.5. The quantitative estimate of drug-likeness (QED) is 0.197. The molecule has 2 atom stereocenters. The van der Waals surface area contributed by atoms with Gasteiger partial charge in [0.1, 0.15) is 0 Å². The van der Waals surface area contributed by atoms with Crippen molar-refractivity contribution in [2.45, 2.75) is 57.5 Å².